The molecule has 0 spiro atoms. The van der Waals surface area contributed by atoms with E-state index in [1.165, 1.54) is 18.4 Å². The number of methoxy groups -OCH3 is 1. The van der Waals surface area contributed by atoms with E-state index in [1.54, 1.807) is 24.5 Å². The second kappa shape index (κ2) is 8.27. The summed E-state index contributed by atoms with van der Waals surface area (Å²) in [7, 11) is 1.28. The number of esters is 1. The smallest absolute Gasteiger partial charge is 0.340 e. The summed E-state index contributed by atoms with van der Waals surface area (Å²) in [6.07, 6.45) is 3.02. The molecular weight excluding hydrogens is 390 g/mol. The lowest BCUT2D eigenvalue weighted by Crippen LogP contribution is -2.28. The number of carbonyl (C=O) groups excluding carboxylic acids is 3. The van der Waals surface area contributed by atoms with Crippen molar-refractivity contribution in [2.24, 2.45) is 4.99 Å². The average molecular weight is 405 g/mol. The third-order valence-electron chi connectivity index (χ3n) is 3.41. The Morgan fingerprint density at radius 2 is 2.11 bits per heavy atom. The Labute approximate surface area is 162 Å². The van der Waals surface area contributed by atoms with Crippen molar-refractivity contribution in [1.82, 2.24) is 15.3 Å². The molecule has 2 aromatic heterocycles. The molecule has 1 aliphatic rings. The first-order valence-corrected chi connectivity index (χ1v) is 9.47. The number of hydrogen-bond acceptors (Lipinski definition) is 9. The number of nitrogens with zero attached hydrogens (tertiary/aromatic N) is 3. The Morgan fingerprint density at radius 1 is 1.37 bits per heavy atom. The van der Waals surface area contributed by atoms with Crippen LogP contribution in [0.1, 0.15) is 21.7 Å². The summed E-state index contributed by atoms with van der Waals surface area (Å²) in [5.41, 5.74) is 0.292. The average Bonchev–Trinajstić information content (AvgIpc) is 3.17. The first-order valence-electron chi connectivity index (χ1n) is 7.78. The van der Waals surface area contributed by atoms with Gasteiger partial charge in [0.15, 0.2) is 5.17 Å². The molecule has 0 aliphatic carbocycles. The number of thiophene rings is 1. The van der Waals surface area contributed by atoms with Crippen LogP contribution in [0.2, 0.25) is 0 Å². The monoisotopic (exact) mass is 405 g/mol. The molecule has 3 rings (SSSR count). The van der Waals surface area contributed by atoms with Crippen LogP contribution in [-0.4, -0.2) is 45.3 Å². The van der Waals surface area contributed by atoms with E-state index in [-0.39, 0.29) is 24.2 Å². The van der Waals surface area contributed by atoms with E-state index >= 15 is 0 Å². The van der Waals surface area contributed by atoms with Gasteiger partial charge in [-0.15, -0.1) is 11.3 Å². The van der Waals surface area contributed by atoms with Crippen molar-refractivity contribution >= 4 is 57.0 Å². The number of nitrogens with one attached hydrogen (secondary N) is 2. The van der Waals surface area contributed by atoms with Crippen molar-refractivity contribution in [2.75, 3.05) is 12.4 Å². The van der Waals surface area contributed by atoms with Gasteiger partial charge in [-0.25, -0.2) is 14.8 Å². The number of amidine groups is 1. The van der Waals surface area contributed by atoms with Crippen LogP contribution in [0.5, 0.6) is 0 Å². The minimum absolute atomic E-state index is 0.0667. The molecule has 3 heterocycles. The first kappa shape index (κ1) is 19.0. The number of aromatic nitrogens is 2. The fraction of sp³-hybridized carbons (Fsp3) is 0.250. The van der Waals surface area contributed by atoms with Crippen LogP contribution in [0.25, 0.3) is 0 Å². The van der Waals surface area contributed by atoms with Crippen molar-refractivity contribution in [1.29, 1.82) is 0 Å². The van der Waals surface area contributed by atoms with Crippen molar-refractivity contribution in [3.63, 3.8) is 0 Å². The van der Waals surface area contributed by atoms with Crippen LogP contribution in [0.15, 0.2) is 29.5 Å². The quantitative estimate of drug-likeness (QED) is 0.728. The summed E-state index contributed by atoms with van der Waals surface area (Å²) in [5.74, 6) is -1.01. The molecule has 2 amide bonds. The summed E-state index contributed by atoms with van der Waals surface area (Å²) in [5, 5.41) is 5.40. The molecule has 9 nitrogen and oxygen atoms in total. The van der Waals surface area contributed by atoms with E-state index in [4.69, 9.17) is 4.74 Å². The summed E-state index contributed by atoms with van der Waals surface area (Å²) in [4.78, 5) is 49.1. The molecule has 1 fully saturated rings. The van der Waals surface area contributed by atoms with Gasteiger partial charge in [0.2, 0.25) is 11.8 Å². The second-order valence-corrected chi connectivity index (χ2v) is 7.85. The van der Waals surface area contributed by atoms with Crippen LogP contribution in [0, 0.1) is 6.92 Å². The Bertz CT molecular complexity index is 913. The standard InChI is InChI=1S/C16H15N5O4S2/c1-8-6-9(14(24)25-2)13(26-8)19-11(22)7-10-12(23)20-16(27-10)21-15-17-4-3-5-18-15/h3-6,10H,7H2,1-2H3,(H,19,22)(H,17,18,20,21,23). The molecule has 0 bridgehead atoms. The summed E-state index contributed by atoms with van der Waals surface area (Å²) < 4.78 is 4.71. The highest BCUT2D eigenvalue weighted by molar-refractivity contribution is 8.15. The molecule has 0 saturated carbocycles. The van der Waals surface area contributed by atoms with E-state index < -0.39 is 11.2 Å². The predicted octanol–water partition coefficient (Wildman–Crippen LogP) is 1.88. The van der Waals surface area contributed by atoms with E-state index in [0.717, 1.165) is 16.6 Å². The summed E-state index contributed by atoms with van der Waals surface area (Å²) in [6, 6.07) is 3.31. The lowest BCUT2D eigenvalue weighted by atomic mass is 10.2. The van der Waals surface area contributed by atoms with Crippen molar-refractivity contribution in [3.05, 3.63) is 35.0 Å². The number of aryl methyl sites for hydroxylation is 1. The van der Waals surface area contributed by atoms with Gasteiger partial charge in [0, 0.05) is 23.7 Å². The fourth-order valence-electron chi connectivity index (χ4n) is 2.25. The lowest BCUT2D eigenvalue weighted by Gasteiger charge is -2.07. The highest BCUT2D eigenvalue weighted by atomic mass is 32.2. The zero-order valence-corrected chi connectivity index (χ0v) is 16.0. The Morgan fingerprint density at radius 3 is 2.81 bits per heavy atom. The molecule has 1 aliphatic heterocycles. The Hall–Kier alpha value is -2.79. The SMILES string of the molecule is COC(=O)c1cc(C)sc1NC(=O)CC1S/C(=N\c2ncccn2)NC1=O. The number of ether oxygens (including phenoxy) is 1. The van der Waals surface area contributed by atoms with Crippen molar-refractivity contribution in [3.8, 4) is 0 Å². The first-order chi connectivity index (χ1) is 13.0. The number of thioether (sulfide) groups is 1. The van der Waals surface area contributed by atoms with Gasteiger partial charge >= 0.3 is 5.97 Å². The number of hydrogen-bond donors (Lipinski definition) is 2. The van der Waals surface area contributed by atoms with Gasteiger partial charge in [0.05, 0.1) is 12.7 Å². The number of aliphatic imine (C=N–C) groups is 1. The number of amides is 2. The molecular formula is C16H15N5O4S2. The maximum atomic E-state index is 12.3. The molecule has 0 radical (unpaired) electrons. The highest BCUT2D eigenvalue weighted by Gasteiger charge is 2.32. The number of rotatable bonds is 5. The highest BCUT2D eigenvalue weighted by Crippen LogP contribution is 2.29. The van der Waals surface area contributed by atoms with E-state index in [1.807, 2.05) is 6.92 Å². The van der Waals surface area contributed by atoms with Gasteiger partial charge in [-0.05, 0) is 19.1 Å². The molecule has 2 aromatic rings. The van der Waals surface area contributed by atoms with Gasteiger partial charge in [-0.1, -0.05) is 11.8 Å². The largest absolute Gasteiger partial charge is 0.465 e. The molecule has 140 valence electrons. The van der Waals surface area contributed by atoms with Gasteiger partial charge in [0.1, 0.15) is 10.3 Å². The molecule has 11 heteroatoms. The lowest BCUT2D eigenvalue weighted by molar-refractivity contribution is -0.122. The van der Waals surface area contributed by atoms with Crippen LogP contribution in [-0.2, 0) is 14.3 Å². The minimum Gasteiger partial charge on any atom is -0.465 e. The molecule has 27 heavy (non-hydrogen) atoms. The summed E-state index contributed by atoms with van der Waals surface area (Å²) >= 11 is 2.40. The van der Waals surface area contributed by atoms with Crippen LogP contribution in [0.4, 0.5) is 10.9 Å². The Kier molecular flexibility index (Phi) is 5.81. The molecule has 0 aromatic carbocycles. The van der Waals surface area contributed by atoms with Gasteiger partial charge in [-0.2, -0.15) is 4.99 Å². The normalized spacial score (nSPS) is 17.6. The van der Waals surface area contributed by atoms with Crippen molar-refractivity contribution in [2.45, 2.75) is 18.6 Å². The van der Waals surface area contributed by atoms with Crippen LogP contribution < -0.4 is 10.6 Å². The molecule has 1 unspecified atom stereocenters. The number of carbonyl (C=O) groups is 3. The fourth-order valence-corrected chi connectivity index (χ4v) is 4.13. The predicted molar refractivity (Wildman–Crippen MR) is 102 cm³/mol. The van der Waals surface area contributed by atoms with Gasteiger partial charge < -0.3 is 15.4 Å². The molecule has 1 saturated heterocycles. The van der Waals surface area contributed by atoms with E-state index in [9.17, 15) is 14.4 Å². The third-order valence-corrected chi connectivity index (χ3v) is 5.46. The van der Waals surface area contributed by atoms with Crippen molar-refractivity contribution < 1.29 is 19.1 Å². The maximum Gasteiger partial charge on any atom is 0.340 e. The summed E-state index contributed by atoms with van der Waals surface area (Å²) in [6.45, 7) is 1.82. The topological polar surface area (TPSA) is 123 Å². The zero-order chi connectivity index (χ0) is 19.4. The number of anilines is 1. The minimum atomic E-state index is -0.630. The van der Waals surface area contributed by atoms with Crippen LogP contribution >= 0.6 is 23.1 Å². The molecule has 1 atom stereocenters. The van der Waals surface area contributed by atoms with E-state index in [0.29, 0.717) is 15.7 Å². The zero-order valence-electron chi connectivity index (χ0n) is 14.4. The molecule has 2 N–H and O–H groups in total. The maximum absolute atomic E-state index is 12.3. The van der Waals surface area contributed by atoms with E-state index in [2.05, 4.69) is 25.6 Å². The van der Waals surface area contributed by atoms with Crippen LogP contribution in [0.3, 0.4) is 0 Å². The van der Waals surface area contributed by atoms with Gasteiger partial charge in [-0.3, -0.25) is 9.59 Å². The third kappa shape index (κ3) is 4.68. The second-order valence-electron chi connectivity index (χ2n) is 5.41. The Balaban J connectivity index is 1.64. The van der Waals surface area contributed by atoms with Gasteiger partial charge in [0.25, 0.3) is 5.95 Å².